The van der Waals surface area contributed by atoms with Crippen LogP contribution in [0.4, 0.5) is 29.3 Å². The molecule has 0 fully saturated rings. The van der Waals surface area contributed by atoms with Gasteiger partial charge in [-0.3, -0.25) is 0 Å². The van der Waals surface area contributed by atoms with E-state index >= 15 is 0 Å². The first-order valence-corrected chi connectivity index (χ1v) is 9.66. The standard InChI is InChI=1S/C22H17F3N6O2/c1-14-27-19(31-12-4-11-26-31)13-20(28-14)33-16-9-7-15(8-10-16)29-21(32)30-18-6-3-2-5-17(18)22(23,24)25/h2-13H,1H3,(H2,29,30,32). The van der Waals surface area contributed by atoms with Gasteiger partial charge in [-0.15, -0.1) is 0 Å². The Morgan fingerprint density at radius 1 is 1.00 bits per heavy atom. The number of anilines is 2. The van der Waals surface area contributed by atoms with Crippen LogP contribution in [-0.2, 0) is 6.18 Å². The number of para-hydroxylation sites is 1. The topological polar surface area (TPSA) is 94.0 Å². The summed E-state index contributed by atoms with van der Waals surface area (Å²) in [5.74, 6) is 1.77. The largest absolute Gasteiger partial charge is 0.439 e. The maximum absolute atomic E-state index is 13.1. The quantitative estimate of drug-likeness (QED) is 0.420. The van der Waals surface area contributed by atoms with Crippen molar-refractivity contribution in [2.45, 2.75) is 13.1 Å². The SMILES string of the molecule is Cc1nc(Oc2ccc(NC(=O)Nc3ccccc3C(F)(F)F)cc2)cc(-n2cccn2)n1. The monoisotopic (exact) mass is 454 g/mol. The van der Waals surface area contributed by atoms with Gasteiger partial charge in [-0.05, 0) is 49.4 Å². The summed E-state index contributed by atoms with van der Waals surface area (Å²) in [5, 5.41) is 8.83. The first kappa shape index (κ1) is 21.8. The third-order valence-corrected chi connectivity index (χ3v) is 4.36. The zero-order valence-corrected chi connectivity index (χ0v) is 17.2. The molecule has 0 atom stereocenters. The zero-order valence-electron chi connectivity index (χ0n) is 17.2. The average molecular weight is 454 g/mol. The maximum Gasteiger partial charge on any atom is 0.418 e. The van der Waals surface area contributed by atoms with Gasteiger partial charge in [0.1, 0.15) is 11.6 Å². The first-order valence-electron chi connectivity index (χ1n) is 9.66. The number of hydrogen-bond acceptors (Lipinski definition) is 5. The number of amides is 2. The Hall–Kier alpha value is -4.41. The van der Waals surface area contributed by atoms with Gasteiger partial charge < -0.3 is 15.4 Å². The number of carbonyl (C=O) groups excluding carboxylic acids is 1. The Morgan fingerprint density at radius 2 is 1.76 bits per heavy atom. The Kier molecular flexibility index (Phi) is 5.94. The molecule has 2 aromatic heterocycles. The van der Waals surface area contributed by atoms with Gasteiger partial charge in [0, 0.05) is 24.1 Å². The molecule has 0 radical (unpaired) electrons. The van der Waals surface area contributed by atoms with Crippen LogP contribution in [0, 0.1) is 6.92 Å². The van der Waals surface area contributed by atoms with Crippen molar-refractivity contribution in [1.29, 1.82) is 0 Å². The van der Waals surface area contributed by atoms with E-state index in [2.05, 4.69) is 25.7 Å². The summed E-state index contributed by atoms with van der Waals surface area (Å²) in [6.07, 6.45) is -1.22. The molecule has 0 saturated heterocycles. The van der Waals surface area contributed by atoms with Gasteiger partial charge in [0.2, 0.25) is 5.88 Å². The van der Waals surface area contributed by atoms with Gasteiger partial charge in [-0.25, -0.2) is 14.5 Å². The summed E-state index contributed by atoms with van der Waals surface area (Å²) in [5.41, 5.74) is -0.909. The highest BCUT2D eigenvalue weighted by Gasteiger charge is 2.33. The second kappa shape index (κ2) is 8.99. The maximum atomic E-state index is 13.1. The van der Waals surface area contributed by atoms with E-state index in [1.165, 1.54) is 18.2 Å². The molecule has 0 spiro atoms. The van der Waals surface area contributed by atoms with E-state index < -0.39 is 17.8 Å². The smallest absolute Gasteiger partial charge is 0.418 e. The number of hydrogen-bond donors (Lipinski definition) is 2. The highest BCUT2D eigenvalue weighted by Crippen LogP contribution is 2.34. The van der Waals surface area contributed by atoms with Gasteiger partial charge in [0.15, 0.2) is 5.82 Å². The van der Waals surface area contributed by atoms with Crippen LogP contribution < -0.4 is 15.4 Å². The van der Waals surface area contributed by atoms with Crippen LogP contribution in [-0.4, -0.2) is 25.8 Å². The summed E-state index contributed by atoms with van der Waals surface area (Å²) in [4.78, 5) is 20.7. The molecule has 0 bridgehead atoms. The molecule has 4 rings (SSSR count). The van der Waals surface area contributed by atoms with Crippen LogP contribution in [0.3, 0.4) is 0 Å². The fourth-order valence-corrected chi connectivity index (χ4v) is 2.95. The normalized spacial score (nSPS) is 11.2. The minimum Gasteiger partial charge on any atom is -0.439 e. The lowest BCUT2D eigenvalue weighted by Crippen LogP contribution is -2.21. The molecule has 0 aliphatic rings. The molecule has 2 N–H and O–H groups in total. The van der Waals surface area contributed by atoms with E-state index in [9.17, 15) is 18.0 Å². The van der Waals surface area contributed by atoms with Gasteiger partial charge >= 0.3 is 12.2 Å². The van der Waals surface area contributed by atoms with Crippen LogP contribution in [0.5, 0.6) is 11.6 Å². The van der Waals surface area contributed by atoms with Crippen molar-refractivity contribution in [3.05, 3.63) is 84.4 Å². The zero-order chi connectivity index (χ0) is 23.4. The van der Waals surface area contributed by atoms with Crippen LogP contribution in [0.25, 0.3) is 5.82 Å². The van der Waals surface area contributed by atoms with E-state index in [0.29, 0.717) is 29.0 Å². The van der Waals surface area contributed by atoms with E-state index in [1.807, 2.05) is 0 Å². The second-order valence-corrected chi connectivity index (χ2v) is 6.81. The number of aromatic nitrogens is 4. The molecule has 2 heterocycles. The Balaban J connectivity index is 1.42. The Morgan fingerprint density at radius 3 is 2.45 bits per heavy atom. The number of ether oxygens (including phenoxy) is 1. The molecule has 0 unspecified atom stereocenters. The van der Waals surface area contributed by atoms with Crippen LogP contribution in [0.15, 0.2) is 73.1 Å². The summed E-state index contributed by atoms with van der Waals surface area (Å²) >= 11 is 0. The Bertz CT molecular complexity index is 1260. The lowest BCUT2D eigenvalue weighted by Gasteiger charge is -2.14. The molecule has 2 amide bonds. The molecule has 0 saturated carbocycles. The van der Waals surface area contributed by atoms with Crippen molar-refractivity contribution in [2.24, 2.45) is 0 Å². The highest BCUT2D eigenvalue weighted by atomic mass is 19.4. The molecule has 4 aromatic rings. The second-order valence-electron chi connectivity index (χ2n) is 6.81. The van der Waals surface area contributed by atoms with Crippen molar-refractivity contribution in [2.75, 3.05) is 10.6 Å². The summed E-state index contributed by atoms with van der Waals surface area (Å²) in [6, 6.07) is 13.6. The fraction of sp³-hybridized carbons (Fsp3) is 0.0909. The molecule has 33 heavy (non-hydrogen) atoms. The summed E-state index contributed by atoms with van der Waals surface area (Å²) in [7, 11) is 0. The first-order chi connectivity index (χ1) is 15.8. The molecule has 168 valence electrons. The molecule has 0 aliphatic heterocycles. The third kappa shape index (κ3) is 5.45. The van der Waals surface area contributed by atoms with Gasteiger partial charge in [-0.2, -0.15) is 23.3 Å². The van der Waals surface area contributed by atoms with Crippen molar-refractivity contribution >= 4 is 17.4 Å². The molecule has 0 aliphatic carbocycles. The summed E-state index contributed by atoms with van der Waals surface area (Å²) in [6.45, 7) is 1.72. The number of nitrogens with zero attached hydrogens (tertiary/aromatic N) is 4. The third-order valence-electron chi connectivity index (χ3n) is 4.36. The minimum atomic E-state index is -4.58. The lowest BCUT2D eigenvalue weighted by atomic mass is 10.1. The van der Waals surface area contributed by atoms with Crippen molar-refractivity contribution < 1.29 is 22.7 Å². The van der Waals surface area contributed by atoms with Gasteiger partial charge in [0.05, 0.1) is 11.3 Å². The highest BCUT2D eigenvalue weighted by molar-refractivity contribution is 6.00. The predicted octanol–water partition coefficient (Wildman–Crippen LogP) is 5.43. The molecule has 8 nitrogen and oxygen atoms in total. The predicted molar refractivity (Wildman–Crippen MR) is 114 cm³/mol. The van der Waals surface area contributed by atoms with E-state index in [0.717, 1.165) is 6.07 Å². The fourth-order valence-electron chi connectivity index (χ4n) is 2.95. The van der Waals surface area contributed by atoms with E-state index in [-0.39, 0.29) is 5.69 Å². The minimum absolute atomic E-state index is 0.301. The van der Waals surface area contributed by atoms with Crippen LogP contribution >= 0.6 is 0 Å². The van der Waals surface area contributed by atoms with Crippen molar-refractivity contribution in [3.8, 4) is 17.4 Å². The Labute approximate surface area is 186 Å². The number of alkyl halides is 3. The molecular weight excluding hydrogens is 437 g/mol. The van der Waals surface area contributed by atoms with Crippen molar-refractivity contribution in [1.82, 2.24) is 19.7 Å². The number of nitrogens with one attached hydrogen (secondary N) is 2. The number of aryl methyl sites for hydroxylation is 1. The molecular formula is C22H17F3N6O2. The molecule has 2 aromatic carbocycles. The van der Waals surface area contributed by atoms with Crippen LogP contribution in [0.1, 0.15) is 11.4 Å². The number of benzene rings is 2. The number of rotatable bonds is 5. The number of carbonyl (C=O) groups is 1. The van der Waals surface area contributed by atoms with Gasteiger partial charge in [-0.1, -0.05) is 12.1 Å². The van der Waals surface area contributed by atoms with Gasteiger partial charge in [0.25, 0.3) is 0 Å². The van der Waals surface area contributed by atoms with E-state index in [1.54, 1.807) is 60.4 Å². The average Bonchev–Trinajstić information content (AvgIpc) is 3.29. The number of halogens is 3. The van der Waals surface area contributed by atoms with Crippen LogP contribution in [0.2, 0.25) is 0 Å². The number of urea groups is 1. The lowest BCUT2D eigenvalue weighted by molar-refractivity contribution is -0.136. The summed E-state index contributed by atoms with van der Waals surface area (Å²) < 4.78 is 46.6. The van der Waals surface area contributed by atoms with Crippen molar-refractivity contribution in [3.63, 3.8) is 0 Å². The molecule has 11 heteroatoms. The van der Waals surface area contributed by atoms with E-state index in [4.69, 9.17) is 4.74 Å².